The molecule has 1 amide bonds. The van der Waals surface area contributed by atoms with E-state index >= 15 is 0 Å². The van der Waals surface area contributed by atoms with Crippen LogP contribution in [0.15, 0.2) is 84.9 Å². The van der Waals surface area contributed by atoms with Gasteiger partial charge in [-0.2, -0.15) is 0 Å². The molecular formula is C23H19N3OS2. The molecule has 0 saturated carbocycles. The molecule has 0 fully saturated rings. The standard InChI is InChI=1S/C23H19N3OS2/c27-22(20-13-11-19(12-14-20)18-9-5-2-6-10-18)24-23-26-25-21(29-23)16-28-15-17-7-3-1-4-8-17/h1-14H,15-16H2,(H,24,26,27). The number of nitrogens with zero attached hydrogens (tertiary/aromatic N) is 2. The number of carbonyl (C=O) groups is 1. The molecule has 3 aromatic carbocycles. The molecule has 0 atom stereocenters. The Morgan fingerprint density at radius 2 is 1.45 bits per heavy atom. The number of amides is 1. The topological polar surface area (TPSA) is 54.9 Å². The summed E-state index contributed by atoms with van der Waals surface area (Å²) in [5.41, 5.74) is 4.09. The van der Waals surface area contributed by atoms with Gasteiger partial charge < -0.3 is 0 Å². The second-order valence-corrected chi connectivity index (χ2v) is 8.42. The van der Waals surface area contributed by atoms with Gasteiger partial charge in [0.25, 0.3) is 5.91 Å². The molecule has 4 nitrogen and oxygen atoms in total. The molecule has 0 saturated heterocycles. The molecule has 0 bridgehead atoms. The van der Waals surface area contributed by atoms with Crippen LogP contribution >= 0.6 is 23.1 Å². The quantitative estimate of drug-likeness (QED) is 0.407. The SMILES string of the molecule is O=C(Nc1nnc(CSCc2ccccc2)s1)c1ccc(-c2ccccc2)cc1. The number of benzene rings is 3. The summed E-state index contributed by atoms with van der Waals surface area (Å²) >= 11 is 3.20. The number of thioether (sulfide) groups is 1. The molecule has 4 aromatic rings. The van der Waals surface area contributed by atoms with Gasteiger partial charge >= 0.3 is 0 Å². The molecule has 6 heteroatoms. The minimum Gasteiger partial charge on any atom is -0.296 e. The van der Waals surface area contributed by atoms with Crippen molar-refractivity contribution in [3.05, 3.63) is 101 Å². The Bertz CT molecular complexity index is 1060. The van der Waals surface area contributed by atoms with E-state index in [-0.39, 0.29) is 5.91 Å². The van der Waals surface area contributed by atoms with E-state index in [1.54, 1.807) is 11.8 Å². The molecule has 0 aliphatic rings. The van der Waals surface area contributed by atoms with E-state index in [1.807, 2.05) is 72.8 Å². The van der Waals surface area contributed by atoms with Crippen molar-refractivity contribution in [3.8, 4) is 11.1 Å². The van der Waals surface area contributed by atoms with Gasteiger partial charge in [0.1, 0.15) is 5.01 Å². The number of rotatable bonds is 7. The number of hydrogen-bond acceptors (Lipinski definition) is 5. The van der Waals surface area contributed by atoms with E-state index < -0.39 is 0 Å². The molecule has 1 aromatic heterocycles. The Morgan fingerprint density at radius 3 is 2.17 bits per heavy atom. The first-order chi connectivity index (χ1) is 14.3. The maximum atomic E-state index is 12.5. The Balaban J connectivity index is 1.32. The van der Waals surface area contributed by atoms with E-state index in [4.69, 9.17) is 0 Å². The molecular weight excluding hydrogens is 398 g/mol. The van der Waals surface area contributed by atoms with E-state index in [9.17, 15) is 4.79 Å². The molecule has 0 aliphatic heterocycles. The normalized spacial score (nSPS) is 10.6. The van der Waals surface area contributed by atoms with Crippen LogP contribution in [0.5, 0.6) is 0 Å². The van der Waals surface area contributed by atoms with Gasteiger partial charge in [-0.25, -0.2) is 0 Å². The Labute approximate surface area is 178 Å². The van der Waals surface area contributed by atoms with Gasteiger partial charge in [-0.05, 0) is 28.8 Å². The highest BCUT2D eigenvalue weighted by Gasteiger charge is 2.11. The number of nitrogens with one attached hydrogen (secondary N) is 1. The summed E-state index contributed by atoms with van der Waals surface area (Å²) in [7, 11) is 0. The summed E-state index contributed by atoms with van der Waals surface area (Å²) in [5, 5.41) is 12.5. The minimum absolute atomic E-state index is 0.177. The van der Waals surface area contributed by atoms with Crippen molar-refractivity contribution in [3.63, 3.8) is 0 Å². The highest BCUT2D eigenvalue weighted by atomic mass is 32.2. The third-order valence-corrected chi connectivity index (χ3v) is 6.32. The van der Waals surface area contributed by atoms with E-state index in [0.29, 0.717) is 10.7 Å². The van der Waals surface area contributed by atoms with Crippen LogP contribution in [0.2, 0.25) is 0 Å². The lowest BCUT2D eigenvalue weighted by Gasteiger charge is -2.04. The fourth-order valence-electron chi connectivity index (χ4n) is 2.81. The van der Waals surface area contributed by atoms with E-state index in [0.717, 1.165) is 27.6 Å². The predicted octanol–water partition coefficient (Wildman–Crippen LogP) is 5.89. The first kappa shape index (κ1) is 19.4. The van der Waals surface area contributed by atoms with Crippen LogP contribution in [-0.4, -0.2) is 16.1 Å². The molecule has 1 heterocycles. The van der Waals surface area contributed by atoms with Gasteiger partial charge in [-0.3, -0.25) is 10.1 Å². The lowest BCUT2D eigenvalue weighted by atomic mass is 10.0. The van der Waals surface area contributed by atoms with Crippen LogP contribution < -0.4 is 5.32 Å². The van der Waals surface area contributed by atoms with Crippen molar-refractivity contribution in [2.45, 2.75) is 11.5 Å². The van der Waals surface area contributed by atoms with Crippen molar-refractivity contribution in [2.24, 2.45) is 0 Å². The van der Waals surface area contributed by atoms with Crippen molar-refractivity contribution < 1.29 is 4.79 Å². The van der Waals surface area contributed by atoms with Crippen molar-refractivity contribution >= 4 is 34.1 Å². The average molecular weight is 418 g/mol. The summed E-state index contributed by atoms with van der Waals surface area (Å²) < 4.78 is 0. The second kappa shape index (κ2) is 9.49. The second-order valence-electron chi connectivity index (χ2n) is 6.38. The fourth-order valence-corrected chi connectivity index (χ4v) is 4.59. The van der Waals surface area contributed by atoms with Gasteiger partial charge in [0.05, 0.1) is 0 Å². The number of carbonyl (C=O) groups excluding carboxylic acids is 1. The molecule has 1 N–H and O–H groups in total. The zero-order valence-corrected chi connectivity index (χ0v) is 17.2. The predicted molar refractivity (Wildman–Crippen MR) is 121 cm³/mol. The van der Waals surface area contributed by atoms with Gasteiger partial charge in [0.2, 0.25) is 5.13 Å². The molecule has 0 spiro atoms. The van der Waals surface area contributed by atoms with Crippen LogP contribution in [0.1, 0.15) is 20.9 Å². The van der Waals surface area contributed by atoms with E-state index in [1.165, 1.54) is 16.9 Å². The van der Waals surface area contributed by atoms with E-state index in [2.05, 4.69) is 27.6 Å². The fraction of sp³-hybridized carbons (Fsp3) is 0.0870. The third-order valence-electron chi connectivity index (χ3n) is 4.28. The number of anilines is 1. The monoisotopic (exact) mass is 417 g/mol. The Morgan fingerprint density at radius 1 is 0.793 bits per heavy atom. The zero-order valence-electron chi connectivity index (χ0n) is 15.6. The first-order valence-electron chi connectivity index (χ1n) is 9.19. The summed E-state index contributed by atoms with van der Waals surface area (Å²) in [4.78, 5) is 12.5. The van der Waals surface area contributed by atoms with Crippen molar-refractivity contribution in [1.82, 2.24) is 10.2 Å². The van der Waals surface area contributed by atoms with Crippen molar-refractivity contribution in [2.75, 3.05) is 5.32 Å². The maximum absolute atomic E-state index is 12.5. The average Bonchev–Trinajstić information content (AvgIpc) is 3.22. The van der Waals surface area contributed by atoms with Crippen LogP contribution in [-0.2, 0) is 11.5 Å². The summed E-state index contributed by atoms with van der Waals surface area (Å²) in [6, 6.07) is 28.0. The van der Waals surface area contributed by atoms with Crippen LogP contribution in [0.25, 0.3) is 11.1 Å². The highest BCUT2D eigenvalue weighted by molar-refractivity contribution is 7.97. The molecule has 0 unspecified atom stereocenters. The minimum atomic E-state index is -0.177. The largest absolute Gasteiger partial charge is 0.296 e. The lowest BCUT2D eigenvalue weighted by Crippen LogP contribution is -2.11. The van der Waals surface area contributed by atoms with Crippen LogP contribution in [0.3, 0.4) is 0 Å². The van der Waals surface area contributed by atoms with Gasteiger partial charge in [-0.1, -0.05) is 84.1 Å². The summed E-state index contributed by atoms with van der Waals surface area (Å²) in [5.74, 6) is 1.52. The third kappa shape index (κ3) is 5.31. The Hall–Kier alpha value is -2.96. The molecule has 4 rings (SSSR count). The zero-order chi connectivity index (χ0) is 19.9. The Kier molecular flexibility index (Phi) is 6.34. The van der Waals surface area contributed by atoms with Gasteiger partial charge in [0, 0.05) is 17.1 Å². The first-order valence-corrected chi connectivity index (χ1v) is 11.2. The van der Waals surface area contributed by atoms with Crippen LogP contribution in [0, 0.1) is 0 Å². The highest BCUT2D eigenvalue weighted by Crippen LogP contribution is 2.24. The molecule has 0 radical (unpaired) electrons. The number of aromatic nitrogens is 2. The maximum Gasteiger partial charge on any atom is 0.257 e. The number of hydrogen-bond donors (Lipinski definition) is 1. The smallest absolute Gasteiger partial charge is 0.257 e. The summed E-state index contributed by atoms with van der Waals surface area (Å²) in [6.45, 7) is 0. The van der Waals surface area contributed by atoms with Crippen LogP contribution in [0.4, 0.5) is 5.13 Å². The van der Waals surface area contributed by atoms with Crippen molar-refractivity contribution in [1.29, 1.82) is 0 Å². The lowest BCUT2D eigenvalue weighted by molar-refractivity contribution is 0.102. The van der Waals surface area contributed by atoms with Gasteiger partial charge in [-0.15, -0.1) is 22.0 Å². The molecule has 0 aliphatic carbocycles. The molecule has 29 heavy (non-hydrogen) atoms. The molecule has 144 valence electrons. The summed E-state index contributed by atoms with van der Waals surface area (Å²) in [6.07, 6.45) is 0. The van der Waals surface area contributed by atoms with Gasteiger partial charge in [0.15, 0.2) is 0 Å².